The molecule has 0 aliphatic carbocycles. The van der Waals surface area contributed by atoms with E-state index in [1.807, 2.05) is 0 Å². The van der Waals surface area contributed by atoms with Crippen molar-refractivity contribution >= 4 is 142 Å². The molecule has 132 heavy (non-hydrogen) atoms. The highest BCUT2D eigenvalue weighted by molar-refractivity contribution is 6.00. The van der Waals surface area contributed by atoms with Gasteiger partial charge >= 0.3 is 23.9 Å². The van der Waals surface area contributed by atoms with E-state index in [1.54, 1.807) is 97.1 Å². The molecule has 40 heteroatoms. The molecule has 3 aromatic heterocycles. The maximum atomic E-state index is 13.7. The molecule has 0 amide bonds. The normalized spacial score (nSPS) is 12.5. The highest BCUT2D eigenvalue weighted by Crippen LogP contribution is 2.42. The lowest BCUT2D eigenvalue weighted by Gasteiger charge is -2.33. The number of aliphatic imine (C=N–C) groups is 4. The first-order chi connectivity index (χ1) is 62.7. The van der Waals surface area contributed by atoms with Crippen LogP contribution in [0, 0.1) is 0 Å². The third-order valence-electron chi connectivity index (χ3n) is 21.8. The lowest BCUT2D eigenvalue weighted by atomic mass is 9.84. The Bertz CT molecular complexity index is 4930. The van der Waals surface area contributed by atoms with Gasteiger partial charge in [-0.3, -0.25) is 39.1 Å². The summed E-state index contributed by atoms with van der Waals surface area (Å²) in [6, 6.07) is 31.8. The first-order valence-electron chi connectivity index (χ1n) is 41.3. The minimum Gasteiger partial charge on any atom is -0.860 e. The summed E-state index contributed by atoms with van der Waals surface area (Å²) < 4.78 is 23.6. The molecular formula is C92H86N8O32-12. The van der Waals surface area contributed by atoms with Crippen LogP contribution < -0.4 is 80.2 Å². The summed E-state index contributed by atoms with van der Waals surface area (Å²) in [6.45, 7) is -3.19. The number of aliphatic carboxylic acids is 12. The number of ether oxygens (including phenoxy) is 4. The number of aromatic amines is 2. The quantitative estimate of drug-likeness (QED) is 0.0187. The maximum absolute atomic E-state index is 13.7. The van der Waals surface area contributed by atoms with Gasteiger partial charge in [-0.25, -0.2) is 9.97 Å². The molecule has 0 saturated carbocycles. The number of hydrogen-bond acceptors (Lipinski definition) is 34. The van der Waals surface area contributed by atoms with Gasteiger partial charge in [0.1, 0.15) is 49.4 Å². The number of rotatable bonds is 56. The van der Waals surface area contributed by atoms with Gasteiger partial charge < -0.3 is 149 Å². The molecule has 2 aliphatic heterocycles. The van der Waals surface area contributed by atoms with Crippen LogP contribution in [0.5, 0.6) is 23.0 Å². The van der Waals surface area contributed by atoms with Crippen LogP contribution in [-0.2, 0) is 57.5 Å². The van der Waals surface area contributed by atoms with Crippen molar-refractivity contribution in [2.75, 3.05) is 26.4 Å². The van der Waals surface area contributed by atoms with E-state index in [2.05, 4.69) is 29.9 Å². The Morgan fingerprint density at radius 3 is 0.561 bits per heavy atom. The van der Waals surface area contributed by atoms with Gasteiger partial charge in [-0.1, -0.05) is 48.5 Å². The third-order valence-corrected chi connectivity index (χ3v) is 21.8. The molecule has 8 bridgehead atoms. The van der Waals surface area contributed by atoms with Crippen LogP contribution in [0.3, 0.4) is 0 Å². The van der Waals surface area contributed by atoms with Gasteiger partial charge in [0.25, 0.3) is 0 Å². The van der Waals surface area contributed by atoms with E-state index in [0.717, 1.165) is 0 Å². The Morgan fingerprint density at radius 1 is 0.250 bits per heavy atom. The van der Waals surface area contributed by atoms with Crippen LogP contribution in [-0.4, -0.2) is 184 Å². The summed E-state index contributed by atoms with van der Waals surface area (Å²) in [7, 11) is 0. The monoisotopic (exact) mass is 1810 g/mol. The van der Waals surface area contributed by atoms with Gasteiger partial charge in [0.2, 0.25) is 0 Å². The summed E-state index contributed by atoms with van der Waals surface area (Å²) in [5.41, 5.74) is -1.01. The highest BCUT2D eigenvalue weighted by atomic mass is 16.5. The number of hydrogen-bond donors (Lipinski definition) is 6. The molecule has 0 atom stereocenters. The molecular weight excluding hydrogens is 1730 g/mol. The number of fused-ring (bicyclic) bond motifs is 8. The largest absolute Gasteiger partial charge is 0.860 e. The molecule has 2 aliphatic rings. The second-order valence-corrected chi connectivity index (χ2v) is 31.2. The van der Waals surface area contributed by atoms with Crippen LogP contribution in [0.1, 0.15) is 177 Å². The molecule has 7 aromatic rings. The first kappa shape index (κ1) is 100.0. The lowest BCUT2D eigenvalue weighted by Crippen LogP contribution is -2.39. The van der Waals surface area contributed by atoms with Crippen molar-refractivity contribution in [3.63, 3.8) is 0 Å². The van der Waals surface area contributed by atoms with E-state index in [1.165, 1.54) is 48.5 Å². The number of carbonyl (C=O) groups is 12. The predicted octanol–water partition coefficient (Wildman–Crippen LogP) is -1.47. The van der Waals surface area contributed by atoms with Gasteiger partial charge in [0, 0.05) is 118 Å². The number of nitrogens with zero attached hydrogens (tertiary/aromatic N) is 6. The van der Waals surface area contributed by atoms with Crippen LogP contribution >= 0.6 is 0 Å². The van der Waals surface area contributed by atoms with E-state index >= 15 is 0 Å². The molecule has 0 fully saturated rings. The maximum Gasteiger partial charge on any atom is 0.303 e. The summed E-state index contributed by atoms with van der Waals surface area (Å²) in [5, 5.41) is 186. The third kappa shape index (κ3) is 30.2. The zero-order chi connectivity index (χ0) is 96.0. The number of carbonyl (C=O) groups excluding carboxylic acids is 8. The van der Waals surface area contributed by atoms with Crippen molar-refractivity contribution < 1.29 is 158 Å². The van der Waals surface area contributed by atoms with E-state index < -0.39 is 279 Å². The summed E-state index contributed by atoms with van der Waals surface area (Å²) in [6.07, 6.45) is -6.73. The molecule has 40 nitrogen and oxygen atoms in total. The SMILES string of the molecule is O=C([O-])CCC(CCC(=O)[O-])(CCC(=O)[O-])N=C([O-])COc1ccc(-c2c3nc(c(-c4ccc(OCC([O-])=NC(CCC(=O)[O-])(CCC(=O)[O-])CCC(=O)O)cc4)c4ccc([nH]4)c(-c4ccc(OCC([O-])=NC(CCC(=O)O)(CCC(=O)O)CCC(=O)O)cc4)c4nc(c(-c5ccc(OCC([O-])=NC(CCC(=O)[O-])(CCC(=O)[O-])CCC(=O)[O-])cc5)c5ccc2[nH]5)C=C4)C=C3)cc1. The predicted molar refractivity (Wildman–Crippen MR) is 445 cm³/mol. The fourth-order valence-electron chi connectivity index (χ4n) is 15.3. The molecule has 6 N–H and O–H groups in total. The second kappa shape index (κ2) is 46.3. The second-order valence-electron chi connectivity index (χ2n) is 31.2. The highest BCUT2D eigenvalue weighted by Gasteiger charge is 2.35. The summed E-state index contributed by atoms with van der Waals surface area (Å²) in [5.74, 6) is -21.6. The average Bonchev–Trinajstić information content (AvgIpc) is 1.61. The van der Waals surface area contributed by atoms with Crippen molar-refractivity contribution in [3.8, 4) is 67.5 Å². The Kier molecular flexibility index (Phi) is 35.0. The molecule has 0 spiro atoms. The van der Waals surface area contributed by atoms with Crippen LogP contribution in [0.4, 0.5) is 0 Å². The first-order valence-corrected chi connectivity index (χ1v) is 41.3. The van der Waals surface area contributed by atoms with Gasteiger partial charge in [-0.2, -0.15) is 0 Å². The lowest BCUT2D eigenvalue weighted by molar-refractivity contribution is -0.309. The fraction of sp³-hybridized carbons (Fsp3) is 0.348. The number of carboxylic acids is 12. The van der Waals surface area contributed by atoms with Crippen LogP contribution in [0.25, 0.3) is 90.9 Å². The number of H-pyrrole nitrogens is 2. The average molecular weight is 1820 g/mol. The van der Waals surface area contributed by atoms with E-state index in [9.17, 15) is 139 Å². The molecule has 0 radical (unpaired) electrons. The Labute approximate surface area is 750 Å². The fourth-order valence-corrected chi connectivity index (χ4v) is 15.3. The van der Waals surface area contributed by atoms with E-state index in [4.69, 9.17) is 28.9 Å². The smallest absolute Gasteiger partial charge is 0.303 e. The van der Waals surface area contributed by atoms with Gasteiger partial charge in [-0.05, 0) is 271 Å². The van der Waals surface area contributed by atoms with Crippen LogP contribution in [0.2, 0.25) is 0 Å². The van der Waals surface area contributed by atoms with Gasteiger partial charge in [0.15, 0.2) is 0 Å². The molecule has 0 saturated heterocycles. The minimum atomic E-state index is -1.83. The van der Waals surface area contributed by atoms with Crippen molar-refractivity contribution in [1.82, 2.24) is 19.9 Å². The minimum absolute atomic E-state index is 0.0607. The van der Waals surface area contributed by atoms with Crippen molar-refractivity contribution in [3.05, 3.63) is 144 Å². The molecule has 698 valence electrons. The summed E-state index contributed by atoms with van der Waals surface area (Å²) in [4.78, 5) is 175. The molecule has 4 aromatic carbocycles. The Hall–Kier alpha value is -15.8. The van der Waals surface area contributed by atoms with E-state index in [-0.39, 0.29) is 42.3 Å². The number of carboxylic acid groups (broad SMARTS) is 12. The topological polar surface area (TPSA) is 706 Å². The zero-order valence-electron chi connectivity index (χ0n) is 70.6. The molecule has 0 unspecified atom stereocenters. The number of benzene rings is 4. The molecule has 9 rings (SSSR count). The standard InChI is InChI=1S/C92H98N8O32/c101-69(97-89(37-25-73(105)106,38-26-74(107)108)39-27-75(109)110)49-129-57-9-1-53(2-10-57)85-61-17-19-63(93-61)86(54-3-11-58(12-4-54)130-50-70(102)98-90(40-28-76(111)112,41-29-77(113)114)42-30-78(115)116)65-21-23-67(95-65)88(56-7-15-60(16-8-56)132-52-72(104)100-92(46-34-82(123)124,47-35-83(125)126)48-36-84(127)128)68-24-22-66(96-68)87(64-20-18-62(85)94-64)55-5-13-59(14-6-55)131-51-71(103)99-91(43-31-79(117)118,44-32-80(119)120)45-33-81(121)122/h1-24,93,96H,25-52H2,(H,97,101)(H,98,102)(H,99,103)(H,100,104)(H,105,106)(H,107,108)(H,109,110)(H,111,112)(H,113,114)(H,115,116)(H,117,118)(H,119,120)(H,121,122)(H,123,124)(H,125,126)(H,127,128)/p-12. The zero-order valence-corrected chi connectivity index (χ0v) is 70.6. The van der Waals surface area contributed by atoms with Crippen molar-refractivity contribution in [1.29, 1.82) is 0 Å². The van der Waals surface area contributed by atoms with Crippen molar-refractivity contribution in [2.24, 2.45) is 20.0 Å². The number of nitrogens with one attached hydrogen (secondary N) is 2. The van der Waals surface area contributed by atoms with Crippen LogP contribution in [0.15, 0.2) is 141 Å². The van der Waals surface area contributed by atoms with Gasteiger partial charge in [-0.15, -0.1) is 0 Å². The summed E-state index contributed by atoms with van der Waals surface area (Å²) >= 11 is 0. The van der Waals surface area contributed by atoms with Gasteiger partial charge in [0.05, 0.1) is 44.9 Å². The molecule has 5 heterocycles. The Morgan fingerprint density at radius 2 is 0.409 bits per heavy atom. The van der Waals surface area contributed by atoms with E-state index in [0.29, 0.717) is 89.4 Å². The van der Waals surface area contributed by atoms with Crippen molar-refractivity contribution in [2.45, 2.75) is 176 Å². The Balaban J connectivity index is 1.24. The number of aromatic nitrogens is 4.